The number of hydrogen-bond acceptors (Lipinski definition) is 18. The van der Waals surface area contributed by atoms with Gasteiger partial charge in [-0.3, -0.25) is 14.4 Å². The molecule has 3 amide bonds. The number of fused-ring (bicyclic) bond motifs is 3. The van der Waals surface area contributed by atoms with Crippen LogP contribution in [-0.4, -0.2) is 232 Å². The van der Waals surface area contributed by atoms with Gasteiger partial charge in [0.15, 0.2) is 69.0 Å². The van der Waals surface area contributed by atoms with Crippen LogP contribution in [0.2, 0.25) is 0 Å². The van der Waals surface area contributed by atoms with E-state index in [9.17, 15) is 14.4 Å². The first-order valence-corrected chi connectivity index (χ1v) is 34.2. The van der Waals surface area contributed by atoms with Crippen LogP contribution in [-0.2, 0) is 72.2 Å². The molecule has 0 radical (unpaired) electrons. The molecule has 0 saturated heterocycles. The van der Waals surface area contributed by atoms with Crippen molar-refractivity contribution < 1.29 is 71.2 Å². The number of benzene rings is 6. The van der Waals surface area contributed by atoms with Crippen LogP contribution in [0.1, 0.15) is 69.3 Å². The average molecular weight is 1370 g/mol. The fraction of sp³-hybridized carbons (Fsp3) is 0.500. The summed E-state index contributed by atoms with van der Waals surface area (Å²) in [5, 5.41) is 0. The molecule has 6 aromatic rings. The van der Waals surface area contributed by atoms with Gasteiger partial charge in [-0.1, -0.05) is 18.2 Å². The van der Waals surface area contributed by atoms with Gasteiger partial charge in [0.25, 0.3) is 0 Å². The van der Waals surface area contributed by atoms with Crippen molar-refractivity contribution in [3.8, 4) is 69.0 Å². The predicted octanol–water partition coefficient (Wildman–Crippen LogP) is 9.64. The topological polar surface area (TPSA) is 181 Å². The van der Waals surface area contributed by atoms with Crippen LogP contribution < -0.4 is 56.8 Å². The van der Waals surface area contributed by atoms with E-state index in [0.29, 0.717) is 53.8 Å². The van der Waals surface area contributed by atoms with E-state index in [4.69, 9.17) is 56.8 Å². The summed E-state index contributed by atoms with van der Waals surface area (Å²) in [7, 11) is 26.1. The van der Waals surface area contributed by atoms with Gasteiger partial charge in [-0.25, -0.2) is 0 Å². The van der Waals surface area contributed by atoms with E-state index in [2.05, 4.69) is 54.0 Å². The third-order valence-corrected chi connectivity index (χ3v) is 18.7. The van der Waals surface area contributed by atoms with Crippen LogP contribution in [0.5, 0.6) is 69.0 Å². The number of methoxy groups -OCH3 is 12. The minimum Gasteiger partial charge on any atom is -0.493 e. The second-order valence-corrected chi connectivity index (χ2v) is 25.1. The normalized spacial score (nSPS) is 13.5. The fourth-order valence-electron chi connectivity index (χ4n) is 12.8. The smallest absolute Gasteiger partial charge is 0.227 e. The van der Waals surface area contributed by atoms with Crippen LogP contribution in [0.4, 0.5) is 0 Å². The summed E-state index contributed by atoms with van der Waals surface area (Å²) in [5.41, 5.74) is 10.2. The first-order chi connectivity index (χ1) is 47.9. The lowest BCUT2D eigenvalue weighted by molar-refractivity contribution is -0.131. The highest BCUT2D eigenvalue weighted by Crippen LogP contribution is 2.36. The number of hydrogen-bond donors (Lipinski definition) is 0. The predicted molar refractivity (Wildman–Crippen MR) is 387 cm³/mol. The van der Waals surface area contributed by atoms with Gasteiger partial charge in [0, 0.05) is 58.9 Å². The van der Waals surface area contributed by atoms with E-state index in [1.807, 2.05) is 87.5 Å². The third kappa shape index (κ3) is 22.4. The molecule has 540 valence electrons. The standard InChI is InChI=1S/3C26H36N2O5/c3*1-27(13-9-19-7-8-22(30-2)23(15-19)31-3)11-6-12-28-14-10-20-16-24(32-4)25(33-5)17-21(20)18-26(28)29/h3*7-8,15-17H,6,9-14,18H2,1-5H3. The third-order valence-electron chi connectivity index (χ3n) is 18.7. The molecule has 3 aliphatic heterocycles. The van der Waals surface area contributed by atoms with Gasteiger partial charge in [0.2, 0.25) is 17.7 Å². The average Bonchev–Trinajstić information content (AvgIpc) is 1.76. The Morgan fingerprint density at radius 1 is 0.283 bits per heavy atom. The molecule has 21 nitrogen and oxygen atoms in total. The second-order valence-electron chi connectivity index (χ2n) is 25.1. The van der Waals surface area contributed by atoms with E-state index in [1.54, 1.807) is 85.3 Å². The summed E-state index contributed by atoms with van der Waals surface area (Å²) in [5.74, 6) is 9.21. The maximum Gasteiger partial charge on any atom is 0.227 e. The number of carbonyl (C=O) groups excluding carboxylic acids is 3. The van der Waals surface area contributed by atoms with Gasteiger partial charge >= 0.3 is 0 Å². The molecule has 0 N–H and O–H groups in total. The Morgan fingerprint density at radius 3 is 0.717 bits per heavy atom. The van der Waals surface area contributed by atoms with Gasteiger partial charge in [0.1, 0.15) is 0 Å². The molecule has 0 spiro atoms. The lowest BCUT2D eigenvalue weighted by Crippen LogP contribution is -2.35. The fourth-order valence-corrected chi connectivity index (χ4v) is 12.8. The molecule has 0 saturated carbocycles. The Morgan fingerprint density at radius 2 is 0.495 bits per heavy atom. The van der Waals surface area contributed by atoms with Gasteiger partial charge in [-0.05, 0) is 221 Å². The van der Waals surface area contributed by atoms with E-state index in [0.717, 1.165) is 204 Å². The summed E-state index contributed by atoms with van der Waals surface area (Å²) in [6, 6.07) is 30.0. The lowest BCUT2D eigenvalue weighted by atomic mass is 10.0. The van der Waals surface area contributed by atoms with Crippen molar-refractivity contribution in [3.63, 3.8) is 0 Å². The molecule has 3 heterocycles. The van der Waals surface area contributed by atoms with Crippen molar-refractivity contribution >= 4 is 17.7 Å². The molecular weight excluding hydrogens is 1260 g/mol. The summed E-state index contributed by atoms with van der Waals surface area (Å²) >= 11 is 0. The highest BCUT2D eigenvalue weighted by Gasteiger charge is 2.26. The summed E-state index contributed by atoms with van der Waals surface area (Å²) in [6.45, 7) is 10.1. The lowest BCUT2D eigenvalue weighted by Gasteiger charge is -2.23. The van der Waals surface area contributed by atoms with Crippen molar-refractivity contribution in [2.24, 2.45) is 0 Å². The Kier molecular flexibility index (Phi) is 31.1. The monoisotopic (exact) mass is 1370 g/mol. The van der Waals surface area contributed by atoms with Crippen molar-refractivity contribution in [3.05, 3.63) is 141 Å². The van der Waals surface area contributed by atoms with Crippen LogP contribution in [0.25, 0.3) is 0 Å². The number of amides is 3. The second kappa shape index (κ2) is 39.7. The molecule has 3 aliphatic rings. The number of rotatable bonds is 33. The Labute approximate surface area is 587 Å². The van der Waals surface area contributed by atoms with Crippen LogP contribution in [0.15, 0.2) is 91.0 Å². The molecule has 0 fully saturated rings. The van der Waals surface area contributed by atoms with E-state index < -0.39 is 0 Å². The molecule has 0 atom stereocenters. The first-order valence-electron chi connectivity index (χ1n) is 34.2. The number of likely N-dealkylation sites (N-methyl/N-ethyl adjacent to an activating group) is 3. The zero-order valence-corrected chi connectivity index (χ0v) is 61.4. The zero-order chi connectivity index (χ0) is 71.4. The van der Waals surface area contributed by atoms with Crippen molar-refractivity contribution in [1.29, 1.82) is 0 Å². The van der Waals surface area contributed by atoms with Gasteiger partial charge in [-0.15, -0.1) is 0 Å². The maximum atomic E-state index is 12.8. The van der Waals surface area contributed by atoms with Crippen LogP contribution >= 0.6 is 0 Å². The SMILES string of the molecule is COc1ccc(CCN(C)CCCN2CCc3cc(OC)c(OC)cc3CC2=O)cc1OC.COc1ccc(CCN(C)CCCN2CCc3cc(OC)c(OC)cc3CC2=O)cc1OC.COc1ccc(CCN(C)CCCN2CCc3cc(OC)c(OC)cc3CC2=O)cc1OC. The van der Waals surface area contributed by atoms with E-state index in [1.165, 1.54) is 16.7 Å². The van der Waals surface area contributed by atoms with Crippen molar-refractivity contribution in [2.45, 2.75) is 77.0 Å². The zero-order valence-electron chi connectivity index (χ0n) is 61.4. The maximum absolute atomic E-state index is 12.8. The van der Waals surface area contributed by atoms with Gasteiger partial charge in [-0.2, -0.15) is 0 Å². The molecule has 9 rings (SSSR count). The van der Waals surface area contributed by atoms with Gasteiger partial charge < -0.3 is 86.2 Å². The quantitative estimate of drug-likeness (QED) is 0.0379. The molecule has 0 aromatic heterocycles. The molecule has 99 heavy (non-hydrogen) atoms. The number of carbonyl (C=O) groups is 3. The highest BCUT2D eigenvalue weighted by molar-refractivity contribution is 5.82. The van der Waals surface area contributed by atoms with Crippen molar-refractivity contribution in [2.75, 3.05) is 185 Å². The summed E-state index contributed by atoms with van der Waals surface area (Å²) in [6.07, 6.45) is 9.32. The molecule has 0 bridgehead atoms. The first kappa shape index (κ1) is 77.6. The van der Waals surface area contributed by atoms with Gasteiger partial charge in [0.05, 0.1) is 105 Å². The molecule has 6 aromatic carbocycles. The number of ether oxygens (including phenoxy) is 12. The molecule has 21 heteroatoms. The molecule has 0 unspecified atom stereocenters. The van der Waals surface area contributed by atoms with Crippen molar-refractivity contribution in [1.82, 2.24) is 29.4 Å². The largest absolute Gasteiger partial charge is 0.493 e. The highest BCUT2D eigenvalue weighted by atomic mass is 16.5. The minimum absolute atomic E-state index is 0.175. The molecular formula is C78H108N6O15. The summed E-state index contributed by atoms with van der Waals surface area (Å²) < 4.78 is 64.6. The molecule has 0 aliphatic carbocycles. The number of nitrogens with zero attached hydrogens (tertiary/aromatic N) is 6. The minimum atomic E-state index is 0.175. The van der Waals surface area contributed by atoms with E-state index in [-0.39, 0.29) is 17.7 Å². The Balaban J connectivity index is 0.000000209. The Hall–Kier alpha value is -8.79. The van der Waals surface area contributed by atoms with E-state index >= 15 is 0 Å². The Bertz CT molecular complexity index is 3200. The van der Waals surface area contributed by atoms with Crippen LogP contribution in [0, 0.1) is 0 Å². The summed E-state index contributed by atoms with van der Waals surface area (Å²) in [4.78, 5) is 51.4. The van der Waals surface area contributed by atoms with Crippen LogP contribution in [0.3, 0.4) is 0 Å².